The van der Waals surface area contributed by atoms with Gasteiger partial charge >= 0.3 is 12.1 Å². The average molecular weight is 1270 g/mol. The van der Waals surface area contributed by atoms with Gasteiger partial charge in [-0.15, -0.1) is 0 Å². The number of hydrogen-bond acceptors (Lipinski definition) is 12. The SMILES string of the molecule is CNC(CCC1CC1)(c1ccncc1)c1ccc(F)c(NC(=O)[C@H]2C[C@](O)(c3ccccc3)CN2C(=O)Nc2ccc(Cl)cn2)c1.NC(CCC1CC1)(c1ccncc1)c1ccc(F)c(NC(=O)[C@H]2C[C@](O)(c3ccccc3)CN2C(=O)Nc2ccc(Cl)cn2)c1. The number of likely N-dealkylation sites (tertiary alicyclic amines) is 2. The largest absolute Gasteiger partial charge is 0.383 e. The predicted octanol–water partition coefficient (Wildman–Crippen LogP) is 11.8. The summed E-state index contributed by atoms with van der Waals surface area (Å²) in [5, 5.41) is 38.5. The zero-order valence-corrected chi connectivity index (χ0v) is 51.4. The van der Waals surface area contributed by atoms with Crippen LogP contribution in [-0.2, 0) is 31.9 Å². The van der Waals surface area contributed by atoms with Gasteiger partial charge in [0.1, 0.15) is 46.6 Å². The highest BCUT2D eigenvalue weighted by atomic mass is 35.5. The number of rotatable bonds is 19. The quantitative estimate of drug-likeness (QED) is 0.0376. The molecular formula is C69H70Cl2F2N12O6. The number of anilines is 4. The van der Waals surface area contributed by atoms with Crippen LogP contribution in [0.25, 0.3) is 0 Å². The van der Waals surface area contributed by atoms with Crippen LogP contribution < -0.4 is 32.3 Å². The molecule has 2 unspecified atom stereocenters. The second kappa shape index (κ2) is 27.4. The summed E-state index contributed by atoms with van der Waals surface area (Å²) in [6.07, 6.45) is 17.5. The van der Waals surface area contributed by atoms with E-state index in [1.165, 1.54) is 72.1 Å². The van der Waals surface area contributed by atoms with Gasteiger partial charge in [0, 0.05) is 50.0 Å². The number of hydrogen-bond donors (Lipinski definition) is 8. The zero-order valence-electron chi connectivity index (χ0n) is 49.9. The Morgan fingerprint density at radius 2 is 0.989 bits per heavy atom. The summed E-state index contributed by atoms with van der Waals surface area (Å²) in [6, 6.07) is 37.2. The summed E-state index contributed by atoms with van der Waals surface area (Å²) in [6.45, 7) is -0.338. The molecule has 22 heteroatoms. The van der Waals surface area contributed by atoms with E-state index in [-0.39, 0.29) is 48.9 Å². The van der Waals surface area contributed by atoms with E-state index in [1.807, 2.05) is 43.4 Å². The van der Waals surface area contributed by atoms with E-state index < -0.39 is 69.9 Å². The lowest BCUT2D eigenvalue weighted by molar-refractivity contribution is -0.120. The van der Waals surface area contributed by atoms with Crippen molar-refractivity contribution in [3.63, 3.8) is 0 Å². The van der Waals surface area contributed by atoms with Gasteiger partial charge in [0.25, 0.3) is 0 Å². The highest BCUT2D eigenvalue weighted by Crippen LogP contribution is 2.44. The summed E-state index contributed by atoms with van der Waals surface area (Å²) in [5.41, 5.74) is 6.73. The Morgan fingerprint density at radius 1 is 0.560 bits per heavy atom. The van der Waals surface area contributed by atoms with Crippen molar-refractivity contribution in [1.82, 2.24) is 35.1 Å². The number of halogens is 4. The highest BCUT2D eigenvalue weighted by molar-refractivity contribution is 6.30. The van der Waals surface area contributed by atoms with Crippen molar-refractivity contribution in [2.24, 2.45) is 17.6 Å². The molecule has 2 saturated carbocycles. The second-order valence-electron chi connectivity index (χ2n) is 24.0. The summed E-state index contributed by atoms with van der Waals surface area (Å²) in [4.78, 5) is 73.8. The number of pyridine rings is 4. The van der Waals surface area contributed by atoms with Crippen LogP contribution in [0.4, 0.5) is 41.4 Å². The standard InChI is InChI=1S/C35H36ClFN6O3.C34H34ClFN6O3/c1-38-35(16-13-23-7-8-23,25-14-17-39-18-15-25)26-9-11-28(37)29(19-26)41-32(44)30-20-34(46,24-5-3-2-4-6-24)22-43(30)33(45)42-31-12-10-27(36)21-40-31;35-26-9-11-30(39-20-26)41-32(44)42-21-33(45,23-4-2-1-3-5-23)19-29(42)31(43)40-28-18-25(8-10-27(28)36)34(37,15-12-22-6-7-22)24-13-16-38-17-14-24/h2-6,9-12,14-15,17-19,21,23,30,38,46H,7-8,13,16,20,22H2,1H3,(H,41,44)(H,40,42,45);1-5,8-11,13-14,16-18,20,22,29,45H,6-7,12,15,19,21,37H2,(H,40,43)(H,39,41,44)/t30-,34-,35?;29-,33-,34?/m11/s1. The van der Waals surface area contributed by atoms with Crippen LogP contribution >= 0.6 is 23.2 Å². The summed E-state index contributed by atoms with van der Waals surface area (Å²) in [7, 11) is 1.88. The fraction of sp³-hybridized carbons (Fsp3) is 0.304. The molecule has 2 aliphatic carbocycles. The molecule has 4 aromatic carbocycles. The van der Waals surface area contributed by atoms with E-state index in [4.69, 9.17) is 28.9 Å². The lowest BCUT2D eigenvalue weighted by Crippen LogP contribution is -2.45. The van der Waals surface area contributed by atoms with Gasteiger partial charge in [-0.3, -0.25) is 30.2 Å². The first-order valence-corrected chi connectivity index (χ1v) is 31.1. The Labute approximate surface area is 536 Å². The molecule has 4 fully saturated rings. The number of nitrogens with two attached hydrogens (primary N) is 1. The number of carbonyl (C=O) groups is 4. The number of aliphatic hydroxyl groups is 2. The van der Waals surface area contributed by atoms with Gasteiger partial charge in [0.2, 0.25) is 11.8 Å². The number of β-amino-alcohol motifs (C(OH)–C–C–N with tert-alkyl or cyclic N) is 2. The normalized spacial score (nSPS) is 20.7. The molecule has 2 saturated heterocycles. The first kappa shape index (κ1) is 63.8. The van der Waals surface area contributed by atoms with Crippen LogP contribution in [0, 0.1) is 23.5 Å². The van der Waals surface area contributed by atoms with Crippen molar-refractivity contribution in [1.29, 1.82) is 0 Å². The van der Waals surface area contributed by atoms with Crippen LogP contribution in [0.1, 0.15) is 97.6 Å². The fourth-order valence-corrected chi connectivity index (χ4v) is 12.6. The van der Waals surface area contributed by atoms with Crippen molar-refractivity contribution in [3.05, 3.63) is 238 Å². The van der Waals surface area contributed by atoms with E-state index in [0.717, 1.165) is 36.0 Å². The molecule has 18 nitrogen and oxygen atoms in total. The number of nitrogens with one attached hydrogen (secondary N) is 5. The first-order chi connectivity index (χ1) is 43.8. The van der Waals surface area contributed by atoms with Gasteiger partial charge in [0.15, 0.2) is 0 Å². The molecule has 0 bridgehead atoms. The van der Waals surface area contributed by atoms with Gasteiger partial charge in [-0.2, -0.15) is 0 Å². The molecule has 6 heterocycles. The van der Waals surface area contributed by atoms with Crippen LogP contribution in [0.3, 0.4) is 0 Å². The van der Waals surface area contributed by atoms with E-state index in [0.29, 0.717) is 45.0 Å². The Hall–Kier alpha value is -8.76. The monoisotopic (exact) mass is 1270 g/mol. The van der Waals surface area contributed by atoms with Crippen molar-refractivity contribution in [3.8, 4) is 0 Å². The van der Waals surface area contributed by atoms with Crippen LogP contribution in [0.5, 0.6) is 0 Å². The summed E-state index contributed by atoms with van der Waals surface area (Å²) in [5.74, 6) is -0.797. The fourth-order valence-electron chi connectivity index (χ4n) is 12.3. The van der Waals surface area contributed by atoms with Crippen LogP contribution in [0.15, 0.2) is 183 Å². The van der Waals surface area contributed by atoms with Crippen molar-refractivity contribution >= 4 is 70.1 Å². The third kappa shape index (κ3) is 14.7. The molecule has 0 radical (unpaired) electrons. The van der Waals surface area contributed by atoms with E-state index in [1.54, 1.807) is 110 Å². The molecule has 8 aromatic rings. The van der Waals surface area contributed by atoms with E-state index in [2.05, 4.69) is 46.5 Å². The Bertz CT molecular complexity index is 3870. The smallest absolute Gasteiger partial charge is 0.323 e. The van der Waals surface area contributed by atoms with Gasteiger partial charge in [-0.1, -0.05) is 122 Å². The zero-order chi connectivity index (χ0) is 63.9. The number of aromatic nitrogens is 4. The molecule has 91 heavy (non-hydrogen) atoms. The lowest BCUT2D eigenvalue weighted by atomic mass is 9.79. The van der Waals surface area contributed by atoms with E-state index in [9.17, 15) is 29.4 Å². The summed E-state index contributed by atoms with van der Waals surface area (Å²) < 4.78 is 30.7. The molecule has 4 aliphatic rings. The van der Waals surface area contributed by atoms with Crippen molar-refractivity contribution < 1.29 is 38.2 Å². The van der Waals surface area contributed by atoms with Crippen LogP contribution in [0.2, 0.25) is 10.0 Å². The number of amides is 6. The maximum Gasteiger partial charge on any atom is 0.323 e. The Balaban J connectivity index is 0.000000187. The minimum atomic E-state index is -1.52. The number of nitrogens with zero attached hydrogens (tertiary/aromatic N) is 6. The molecule has 6 amide bonds. The molecule has 470 valence electrons. The van der Waals surface area contributed by atoms with Gasteiger partial charge in [-0.25, -0.2) is 28.3 Å². The highest BCUT2D eigenvalue weighted by Gasteiger charge is 2.51. The number of urea groups is 2. The number of benzene rings is 4. The first-order valence-electron chi connectivity index (χ1n) is 30.3. The molecular weight excluding hydrogens is 1200 g/mol. The van der Waals surface area contributed by atoms with Crippen molar-refractivity contribution in [2.75, 3.05) is 41.4 Å². The second-order valence-corrected chi connectivity index (χ2v) is 24.9. The van der Waals surface area contributed by atoms with Gasteiger partial charge in [-0.05, 0) is 151 Å². The molecule has 4 aromatic heterocycles. The average Bonchev–Trinajstić information content (AvgIpc) is 1.78. The molecule has 9 N–H and O–H groups in total. The minimum absolute atomic E-state index is 0.0162. The van der Waals surface area contributed by atoms with Crippen molar-refractivity contribution in [2.45, 2.75) is 98.6 Å². The third-order valence-corrected chi connectivity index (χ3v) is 18.3. The molecule has 2 aliphatic heterocycles. The van der Waals surface area contributed by atoms with Crippen LogP contribution in [-0.4, -0.2) is 96.0 Å². The predicted molar refractivity (Wildman–Crippen MR) is 345 cm³/mol. The molecule has 12 rings (SSSR count). The Morgan fingerprint density at radius 3 is 1.42 bits per heavy atom. The minimum Gasteiger partial charge on any atom is -0.383 e. The topological polar surface area (TPSA) is 253 Å². The summed E-state index contributed by atoms with van der Waals surface area (Å²) >= 11 is 11.9. The van der Waals surface area contributed by atoms with Gasteiger partial charge < -0.3 is 41.7 Å². The Kier molecular flexibility index (Phi) is 19.2. The number of carbonyl (C=O) groups excluding carboxylic acids is 4. The molecule has 6 atom stereocenters. The maximum absolute atomic E-state index is 15.4. The van der Waals surface area contributed by atoms with Gasteiger partial charge in [0.05, 0.1) is 45.6 Å². The molecule has 0 spiro atoms. The van der Waals surface area contributed by atoms with E-state index >= 15 is 8.78 Å². The lowest BCUT2D eigenvalue weighted by Gasteiger charge is -2.35. The third-order valence-electron chi connectivity index (χ3n) is 17.9. The maximum atomic E-state index is 15.4.